The van der Waals surface area contributed by atoms with Gasteiger partial charge in [0.1, 0.15) is 0 Å². The van der Waals surface area contributed by atoms with E-state index in [0.717, 1.165) is 37.7 Å². The Morgan fingerprint density at radius 1 is 0.967 bits per heavy atom. The van der Waals surface area contributed by atoms with Crippen molar-refractivity contribution in [3.8, 4) is 0 Å². The van der Waals surface area contributed by atoms with E-state index >= 15 is 0 Å². The first-order chi connectivity index (χ1) is 14.2. The summed E-state index contributed by atoms with van der Waals surface area (Å²) in [6.45, 7) is 1.95. The van der Waals surface area contributed by atoms with Crippen LogP contribution in [0.15, 0.2) is 29.2 Å². The zero-order valence-corrected chi connectivity index (χ0v) is 19.1. The normalized spacial score (nSPS) is 22.0. The second-order valence-corrected chi connectivity index (χ2v) is 12.1. The summed E-state index contributed by atoms with van der Waals surface area (Å²) < 4.78 is 51.7. The van der Waals surface area contributed by atoms with E-state index in [-0.39, 0.29) is 18.4 Å². The van der Waals surface area contributed by atoms with E-state index in [1.54, 1.807) is 28.6 Å². The molecule has 0 aromatic heterocycles. The van der Waals surface area contributed by atoms with Gasteiger partial charge in [0.15, 0.2) is 0 Å². The van der Waals surface area contributed by atoms with Crippen LogP contribution in [0.1, 0.15) is 44.1 Å². The SMILES string of the molecule is CS(=O)(=O)N1CCCC(NC(=O)CCc2ccc(S(=O)(=O)N3CCCCC3)cc2)C1. The lowest BCUT2D eigenvalue weighted by atomic mass is 10.1. The molecule has 0 aliphatic carbocycles. The van der Waals surface area contributed by atoms with Crippen LogP contribution in [0.3, 0.4) is 0 Å². The highest BCUT2D eigenvalue weighted by molar-refractivity contribution is 7.89. The zero-order valence-electron chi connectivity index (χ0n) is 17.4. The second kappa shape index (κ2) is 9.76. The van der Waals surface area contributed by atoms with Crippen LogP contribution < -0.4 is 5.32 Å². The van der Waals surface area contributed by atoms with E-state index in [1.165, 1.54) is 10.6 Å². The lowest BCUT2D eigenvalue weighted by Gasteiger charge is -2.31. The molecule has 3 rings (SSSR count). The molecule has 1 atom stereocenters. The molecule has 2 saturated heterocycles. The molecular weight excluding hydrogens is 426 g/mol. The topological polar surface area (TPSA) is 104 Å². The average molecular weight is 458 g/mol. The Labute approximate surface area is 179 Å². The number of hydrogen-bond donors (Lipinski definition) is 1. The molecule has 2 aliphatic heterocycles. The van der Waals surface area contributed by atoms with Crippen molar-refractivity contribution in [3.05, 3.63) is 29.8 Å². The van der Waals surface area contributed by atoms with Gasteiger partial charge in [-0.3, -0.25) is 4.79 Å². The third kappa shape index (κ3) is 6.03. The van der Waals surface area contributed by atoms with Gasteiger partial charge in [-0.1, -0.05) is 18.6 Å². The molecule has 8 nitrogen and oxygen atoms in total. The van der Waals surface area contributed by atoms with E-state index in [1.807, 2.05) is 0 Å². The molecule has 2 fully saturated rings. The van der Waals surface area contributed by atoms with Crippen molar-refractivity contribution in [1.82, 2.24) is 13.9 Å². The highest BCUT2D eigenvalue weighted by atomic mass is 32.2. The molecule has 30 heavy (non-hydrogen) atoms. The maximum Gasteiger partial charge on any atom is 0.243 e. The Kier molecular flexibility index (Phi) is 7.54. The largest absolute Gasteiger partial charge is 0.352 e. The van der Waals surface area contributed by atoms with Crippen LogP contribution in [0.2, 0.25) is 0 Å². The maximum absolute atomic E-state index is 12.7. The fraction of sp³-hybridized carbons (Fsp3) is 0.650. The summed E-state index contributed by atoms with van der Waals surface area (Å²) in [6.07, 6.45) is 6.31. The monoisotopic (exact) mass is 457 g/mol. The number of amides is 1. The summed E-state index contributed by atoms with van der Waals surface area (Å²) in [7, 11) is -6.69. The molecule has 1 unspecified atom stereocenters. The molecule has 0 spiro atoms. The van der Waals surface area contributed by atoms with Gasteiger partial charge >= 0.3 is 0 Å². The number of hydrogen-bond acceptors (Lipinski definition) is 5. The van der Waals surface area contributed by atoms with Crippen LogP contribution in [0.25, 0.3) is 0 Å². The average Bonchev–Trinajstić information content (AvgIpc) is 2.73. The fourth-order valence-corrected chi connectivity index (χ4v) is 6.43. The molecule has 2 heterocycles. The highest BCUT2D eigenvalue weighted by Gasteiger charge is 2.27. The smallest absolute Gasteiger partial charge is 0.243 e. The minimum atomic E-state index is -3.45. The van der Waals surface area contributed by atoms with Crippen molar-refractivity contribution in [1.29, 1.82) is 0 Å². The number of benzene rings is 1. The molecule has 2 aliphatic rings. The van der Waals surface area contributed by atoms with E-state index in [2.05, 4.69) is 5.32 Å². The molecule has 0 saturated carbocycles. The van der Waals surface area contributed by atoms with Crippen molar-refractivity contribution in [2.24, 2.45) is 0 Å². The van der Waals surface area contributed by atoms with Crippen molar-refractivity contribution in [3.63, 3.8) is 0 Å². The molecular formula is C20H31N3O5S2. The minimum absolute atomic E-state index is 0.125. The summed E-state index contributed by atoms with van der Waals surface area (Å²) in [5.74, 6) is -0.125. The Bertz CT molecular complexity index is 939. The molecule has 1 aromatic rings. The summed E-state index contributed by atoms with van der Waals surface area (Å²) in [6, 6.07) is 6.58. The van der Waals surface area contributed by atoms with Crippen LogP contribution in [0.4, 0.5) is 0 Å². The number of sulfonamides is 2. The third-order valence-electron chi connectivity index (χ3n) is 5.74. The number of nitrogens with one attached hydrogen (secondary N) is 1. The molecule has 1 N–H and O–H groups in total. The molecule has 1 aromatic carbocycles. The van der Waals surface area contributed by atoms with Crippen LogP contribution in [-0.2, 0) is 31.3 Å². The van der Waals surface area contributed by atoms with Crippen molar-refractivity contribution < 1.29 is 21.6 Å². The first kappa shape index (κ1) is 23.2. The van der Waals surface area contributed by atoms with Crippen LogP contribution in [-0.4, -0.2) is 69.8 Å². The lowest BCUT2D eigenvalue weighted by molar-refractivity contribution is -0.122. The van der Waals surface area contributed by atoms with E-state index in [9.17, 15) is 21.6 Å². The van der Waals surface area contributed by atoms with Gasteiger partial charge in [0, 0.05) is 38.6 Å². The number of aryl methyl sites for hydroxylation is 1. The molecule has 10 heteroatoms. The van der Waals surface area contributed by atoms with Gasteiger partial charge in [-0.2, -0.15) is 4.31 Å². The summed E-state index contributed by atoms with van der Waals surface area (Å²) >= 11 is 0. The Balaban J connectivity index is 1.50. The Morgan fingerprint density at radius 2 is 1.60 bits per heavy atom. The highest BCUT2D eigenvalue weighted by Crippen LogP contribution is 2.21. The number of carbonyl (C=O) groups excluding carboxylic acids is 1. The zero-order chi connectivity index (χ0) is 21.8. The minimum Gasteiger partial charge on any atom is -0.352 e. The summed E-state index contributed by atoms with van der Waals surface area (Å²) in [5.41, 5.74) is 0.893. The Morgan fingerprint density at radius 3 is 2.23 bits per heavy atom. The maximum atomic E-state index is 12.7. The van der Waals surface area contributed by atoms with Gasteiger partial charge in [-0.25, -0.2) is 21.1 Å². The van der Waals surface area contributed by atoms with Crippen molar-refractivity contribution in [2.45, 2.75) is 55.9 Å². The third-order valence-corrected chi connectivity index (χ3v) is 8.92. The fourth-order valence-electron chi connectivity index (χ4n) is 4.00. The van der Waals surface area contributed by atoms with Crippen molar-refractivity contribution >= 4 is 26.0 Å². The van der Waals surface area contributed by atoms with Gasteiger partial charge < -0.3 is 5.32 Å². The van der Waals surface area contributed by atoms with Gasteiger partial charge in [-0.15, -0.1) is 0 Å². The van der Waals surface area contributed by atoms with Crippen LogP contribution in [0.5, 0.6) is 0 Å². The number of rotatable bonds is 7. The predicted molar refractivity (Wildman–Crippen MR) is 115 cm³/mol. The standard InChI is InChI=1S/C20H31N3O5S2/c1-29(25,26)23-15-5-6-18(16-23)21-20(24)12-9-17-7-10-19(11-8-17)30(27,28)22-13-3-2-4-14-22/h7-8,10-11,18H,2-6,9,12-16H2,1H3,(H,21,24). The summed E-state index contributed by atoms with van der Waals surface area (Å²) in [4.78, 5) is 12.6. The van der Waals surface area contributed by atoms with Crippen LogP contribution >= 0.6 is 0 Å². The van der Waals surface area contributed by atoms with E-state index in [4.69, 9.17) is 0 Å². The van der Waals surface area contributed by atoms with Crippen molar-refractivity contribution in [2.75, 3.05) is 32.4 Å². The Hall–Kier alpha value is -1.49. The lowest BCUT2D eigenvalue weighted by Crippen LogP contribution is -2.49. The first-order valence-electron chi connectivity index (χ1n) is 10.5. The second-order valence-electron chi connectivity index (χ2n) is 8.14. The van der Waals surface area contributed by atoms with Gasteiger partial charge in [0.25, 0.3) is 0 Å². The molecule has 0 bridgehead atoms. The summed E-state index contributed by atoms with van der Waals surface area (Å²) in [5, 5.41) is 2.92. The number of nitrogens with zero attached hydrogens (tertiary/aromatic N) is 2. The van der Waals surface area contributed by atoms with Gasteiger partial charge in [-0.05, 0) is 49.8 Å². The number of carbonyl (C=O) groups is 1. The van der Waals surface area contributed by atoms with Crippen LogP contribution in [0, 0.1) is 0 Å². The van der Waals surface area contributed by atoms with E-state index in [0.29, 0.717) is 37.5 Å². The predicted octanol–water partition coefficient (Wildman–Crippen LogP) is 1.33. The number of piperidine rings is 2. The van der Waals surface area contributed by atoms with Gasteiger partial charge in [0.05, 0.1) is 11.2 Å². The molecule has 1 amide bonds. The molecule has 0 radical (unpaired) electrons. The first-order valence-corrected chi connectivity index (χ1v) is 13.8. The quantitative estimate of drug-likeness (QED) is 0.665. The molecule has 168 valence electrons. The van der Waals surface area contributed by atoms with E-state index < -0.39 is 20.0 Å². The van der Waals surface area contributed by atoms with Gasteiger partial charge in [0.2, 0.25) is 26.0 Å².